The van der Waals surface area contributed by atoms with Gasteiger partial charge >= 0.3 is 12.0 Å². The van der Waals surface area contributed by atoms with Crippen LogP contribution in [-0.2, 0) is 22.6 Å². The van der Waals surface area contributed by atoms with E-state index in [2.05, 4.69) is 20.9 Å². The van der Waals surface area contributed by atoms with E-state index in [-0.39, 0.29) is 34.8 Å². The van der Waals surface area contributed by atoms with E-state index in [0.717, 1.165) is 35.2 Å². The molecule has 0 saturated heterocycles. The van der Waals surface area contributed by atoms with Crippen molar-refractivity contribution in [1.82, 2.24) is 25.5 Å². The summed E-state index contributed by atoms with van der Waals surface area (Å²) in [7, 11) is 0. The molecule has 2 atom stereocenters. The molecule has 0 radical (unpaired) electrons. The summed E-state index contributed by atoms with van der Waals surface area (Å²) < 4.78 is 7.36. The molecule has 0 fully saturated rings. The van der Waals surface area contributed by atoms with Gasteiger partial charge in [0.05, 0.1) is 40.2 Å². The molecule has 0 aliphatic heterocycles. The second kappa shape index (κ2) is 14.3. The van der Waals surface area contributed by atoms with Crippen LogP contribution in [-0.4, -0.2) is 39.5 Å². The van der Waals surface area contributed by atoms with Gasteiger partial charge in [-0.2, -0.15) is 0 Å². The highest BCUT2D eigenvalue weighted by Gasteiger charge is 2.39. The maximum Gasteiger partial charge on any atom is 0.333 e. The zero-order valence-corrected chi connectivity index (χ0v) is 27.6. The van der Waals surface area contributed by atoms with Gasteiger partial charge in [-0.3, -0.25) is 4.79 Å². The number of imidazole rings is 1. The fourth-order valence-corrected chi connectivity index (χ4v) is 6.33. The van der Waals surface area contributed by atoms with E-state index in [0.29, 0.717) is 5.69 Å². The van der Waals surface area contributed by atoms with E-state index in [9.17, 15) is 14.4 Å². The quantitative estimate of drug-likeness (QED) is 0.137. The molecule has 3 N–H and O–H groups in total. The standard InChI is InChI=1S/C37H33Cl2N5O4/c1-37(35(46)48-21-24-10-4-2-5-11-24,22-40-36(47)42-31-17-16-25-12-8-9-15-28(25)31)43-34(45)33-29(38)18-27(19-30(33)39)44-20-32(41-23-44)26-13-6-3-7-14-26/h2-15,18-20,23,31H,16-17,21-22H2,1H3,(H,43,45)(H2,40,42,47)/t31-,37-/m1/s1. The lowest BCUT2D eigenvalue weighted by Gasteiger charge is -2.29. The predicted octanol–water partition coefficient (Wildman–Crippen LogP) is 7.06. The lowest BCUT2D eigenvalue weighted by molar-refractivity contribution is -0.151. The first kappa shape index (κ1) is 32.8. The summed E-state index contributed by atoms with van der Waals surface area (Å²) >= 11 is 13.3. The number of halogens is 2. The Morgan fingerprint density at radius 2 is 1.60 bits per heavy atom. The van der Waals surface area contributed by atoms with Crippen molar-refractivity contribution in [2.45, 2.75) is 38.0 Å². The number of fused-ring (bicyclic) bond motifs is 1. The van der Waals surface area contributed by atoms with Crippen molar-refractivity contribution < 1.29 is 19.1 Å². The number of ether oxygens (including phenoxy) is 1. The van der Waals surface area contributed by atoms with Crippen LogP contribution in [0.4, 0.5) is 4.79 Å². The maximum absolute atomic E-state index is 13.7. The van der Waals surface area contributed by atoms with Crippen molar-refractivity contribution in [1.29, 1.82) is 0 Å². The first-order valence-corrected chi connectivity index (χ1v) is 16.2. The SMILES string of the molecule is C[C@](CNC(=O)N[C@@H]1CCc2ccccc21)(NC(=O)c1c(Cl)cc(-n2cnc(-c3ccccc3)c2)cc1Cl)C(=O)OCc1ccccc1. The van der Waals surface area contributed by atoms with E-state index in [4.69, 9.17) is 27.9 Å². The molecule has 0 saturated carbocycles. The minimum Gasteiger partial charge on any atom is -0.459 e. The van der Waals surface area contributed by atoms with Gasteiger partial charge in [0.1, 0.15) is 6.61 Å². The number of aromatic nitrogens is 2. The normalized spacial score (nSPS) is 14.8. The average molecular weight is 683 g/mol. The highest BCUT2D eigenvalue weighted by molar-refractivity contribution is 6.40. The molecule has 9 nitrogen and oxygen atoms in total. The van der Waals surface area contributed by atoms with Crippen molar-refractivity contribution in [3.63, 3.8) is 0 Å². The molecule has 0 unspecified atom stereocenters. The average Bonchev–Trinajstić information content (AvgIpc) is 3.75. The third-order valence-corrected chi connectivity index (χ3v) is 8.89. The van der Waals surface area contributed by atoms with Gasteiger partial charge < -0.3 is 25.3 Å². The van der Waals surface area contributed by atoms with Gasteiger partial charge in [-0.05, 0) is 48.6 Å². The van der Waals surface area contributed by atoms with Crippen LogP contribution in [0.25, 0.3) is 16.9 Å². The molecule has 1 heterocycles. The summed E-state index contributed by atoms with van der Waals surface area (Å²) in [5.74, 6) is -1.46. The number of hydrogen-bond acceptors (Lipinski definition) is 5. The Labute approximate surface area is 288 Å². The fraction of sp³-hybridized carbons (Fsp3) is 0.189. The first-order chi connectivity index (χ1) is 23.2. The van der Waals surface area contributed by atoms with E-state index in [1.165, 1.54) is 12.5 Å². The second-order valence-electron chi connectivity index (χ2n) is 11.8. The zero-order valence-electron chi connectivity index (χ0n) is 26.1. The van der Waals surface area contributed by atoms with Crippen LogP contribution in [0.15, 0.2) is 110 Å². The number of benzene rings is 4. The number of esters is 1. The Morgan fingerprint density at radius 3 is 2.33 bits per heavy atom. The number of carbonyl (C=O) groups excluding carboxylic acids is 3. The molecule has 1 aromatic heterocycles. The highest BCUT2D eigenvalue weighted by Crippen LogP contribution is 2.31. The zero-order chi connectivity index (χ0) is 33.7. The molecule has 5 aromatic rings. The second-order valence-corrected chi connectivity index (χ2v) is 12.6. The minimum atomic E-state index is -1.68. The summed E-state index contributed by atoms with van der Waals surface area (Å²) in [6, 6.07) is 29.3. The number of urea groups is 1. The van der Waals surface area contributed by atoms with Crippen LogP contribution < -0.4 is 16.0 Å². The van der Waals surface area contributed by atoms with Crippen molar-refractivity contribution >= 4 is 41.1 Å². The molecule has 3 amide bonds. The Kier molecular flexibility index (Phi) is 9.80. The smallest absolute Gasteiger partial charge is 0.333 e. The van der Waals surface area contributed by atoms with Crippen molar-refractivity contribution in [2.24, 2.45) is 0 Å². The van der Waals surface area contributed by atoms with Crippen LogP contribution in [0.1, 0.15) is 46.4 Å². The van der Waals surface area contributed by atoms with Gasteiger partial charge in [0, 0.05) is 17.4 Å². The highest BCUT2D eigenvalue weighted by atomic mass is 35.5. The Bertz CT molecular complexity index is 1930. The molecule has 48 heavy (non-hydrogen) atoms. The summed E-state index contributed by atoms with van der Waals surface area (Å²) in [5.41, 5.74) is 3.59. The lowest BCUT2D eigenvalue weighted by atomic mass is 10.0. The number of hydrogen-bond donors (Lipinski definition) is 3. The molecule has 0 bridgehead atoms. The largest absolute Gasteiger partial charge is 0.459 e. The summed E-state index contributed by atoms with van der Waals surface area (Å²) in [6.07, 6.45) is 5.08. The molecule has 11 heteroatoms. The van der Waals surface area contributed by atoms with Gasteiger partial charge in [0.25, 0.3) is 5.91 Å². The van der Waals surface area contributed by atoms with Crippen LogP contribution in [0.5, 0.6) is 0 Å². The van der Waals surface area contributed by atoms with Crippen LogP contribution in [0, 0.1) is 0 Å². The van der Waals surface area contributed by atoms with Gasteiger partial charge in [-0.1, -0.05) is 108 Å². The Balaban J connectivity index is 1.19. The molecular weight excluding hydrogens is 649 g/mol. The summed E-state index contributed by atoms with van der Waals surface area (Å²) in [6.45, 7) is 1.19. The maximum atomic E-state index is 13.7. The third-order valence-electron chi connectivity index (χ3n) is 8.30. The van der Waals surface area contributed by atoms with Gasteiger partial charge in [-0.15, -0.1) is 0 Å². The molecule has 0 spiro atoms. The van der Waals surface area contributed by atoms with E-state index in [1.807, 2.05) is 91.1 Å². The lowest BCUT2D eigenvalue weighted by Crippen LogP contribution is -2.60. The Morgan fingerprint density at radius 1 is 0.938 bits per heavy atom. The molecule has 1 aliphatic rings. The van der Waals surface area contributed by atoms with Crippen LogP contribution in [0.3, 0.4) is 0 Å². The molecule has 244 valence electrons. The number of nitrogens with zero attached hydrogens (tertiary/aromatic N) is 2. The number of nitrogens with one attached hydrogen (secondary N) is 3. The number of carbonyl (C=O) groups is 3. The summed E-state index contributed by atoms with van der Waals surface area (Å²) in [4.78, 5) is 44.8. The number of aryl methyl sites for hydroxylation is 1. The molecule has 4 aromatic carbocycles. The van der Waals surface area contributed by atoms with Gasteiger partial charge in [0.2, 0.25) is 0 Å². The summed E-state index contributed by atoms with van der Waals surface area (Å²) in [5, 5.41) is 8.59. The monoisotopic (exact) mass is 681 g/mol. The van der Waals surface area contributed by atoms with Crippen LogP contribution in [0.2, 0.25) is 10.0 Å². The van der Waals surface area contributed by atoms with Crippen molar-refractivity contribution in [2.75, 3.05) is 6.54 Å². The van der Waals surface area contributed by atoms with Gasteiger partial charge in [-0.25, -0.2) is 14.6 Å². The van der Waals surface area contributed by atoms with Gasteiger partial charge in [0.15, 0.2) is 5.54 Å². The van der Waals surface area contributed by atoms with E-state index >= 15 is 0 Å². The fourth-order valence-electron chi connectivity index (χ4n) is 5.68. The predicted molar refractivity (Wildman–Crippen MR) is 185 cm³/mol. The van der Waals surface area contributed by atoms with E-state index < -0.39 is 23.4 Å². The number of amides is 3. The molecule has 1 aliphatic carbocycles. The topological polar surface area (TPSA) is 114 Å². The third kappa shape index (κ3) is 7.38. The van der Waals surface area contributed by atoms with Crippen molar-refractivity contribution in [3.05, 3.63) is 142 Å². The van der Waals surface area contributed by atoms with E-state index in [1.54, 1.807) is 23.0 Å². The Hall–Kier alpha value is -5.12. The van der Waals surface area contributed by atoms with Crippen molar-refractivity contribution in [3.8, 4) is 16.9 Å². The minimum absolute atomic E-state index is 0.0255. The molecule has 6 rings (SSSR count). The molecular formula is C37H33Cl2N5O4. The number of rotatable bonds is 10. The van der Waals surface area contributed by atoms with Crippen LogP contribution >= 0.6 is 23.2 Å². The first-order valence-electron chi connectivity index (χ1n) is 15.4.